The number of nitriles is 1. The number of carbonyl (C=O) groups excluding carboxylic acids is 1. The molecule has 0 saturated carbocycles. The molecule has 0 aliphatic rings. The van der Waals surface area contributed by atoms with E-state index in [4.69, 9.17) is 10.00 Å². The summed E-state index contributed by atoms with van der Waals surface area (Å²) in [6.45, 7) is 1.56. The van der Waals surface area contributed by atoms with Gasteiger partial charge in [0.15, 0.2) is 6.61 Å². The molecule has 0 bridgehead atoms. The van der Waals surface area contributed by atoms with E-state index in [2.05, 4.69) is 15.5 Å². The number of carbonyl (C=O) groups is 1. The van der Waals surface area contributed by atoms with E-state index < -0.39 is 5.91 Å². The highest BCUT2D eigenvalue weighted by molar-refractivity contribution is 5.99. The Bertz CT molecular complexity index is 720. The van der Waals surface area contributed by atoms with Crippen LogP contribution in [-0.4, -0.2) is 23.2 Å². The number of nitrogens with one attached hydrogen (secondary N) is 1. The molecule has 0 spiro atoms. The summed E-state index contributed by atoms with van der Waals surface area (Å²) in [5.74, 6) is -0.0314. The van der Waals surface area contributed by atoms with Gasteiger partial charge in [-0.25, -0.2) is 5.43 Å². The second-order valence-corrected chi connectivity index (χ2v) is 4.36. The van der Waals surface area contributed by atoms with Crippen LogP contribution in [0.3, 0.4) is 0 Å². The van der Waals surface area contributed by atoms with Crippen LogP contribution < -0.4 is 10.2 Å². The highest BCUT2D eigenvalue weighted by Gasteiger charge is 2.06. The van der Waals surface area contributed by atoms with Crippen LogP contribution in [0.15, 0.2) is 53.9 Å². The van der Waals surface area contributed by atoms with E-state index in [0.29, 0.717) is 17.0 Å². The molecule has 1 aromatic heterocycles. The van der Waals surface area contributed by atoms with Crippen LogP contribution in [0, 0.1) is 11.3 Å². The molecule has 0 radical (unpaired) electrons. The minimum atomic E-state index is -0.402. The number of nitrogens with zero attached hydrogens (tertiary/aromatic N) is 3. The third-order valence-electron chi connectivity index (χ3n) is 2.81. The summed E-state index contributed by atoms with van der Waals surface area (Å²) in [6, 6.07) is 12.3. The molecular weight excluding hydrogens is 280 g/mol. The first kappa shape index (κ1) is 15.2. The summed E-state index contributed by atoms with van der Waals surface area (Å²) in [5.41, 5.74) is 4.32. The van der Waals surface area contributed by atoms with Crippen molar-refractivity contribution < 1.29 is 9.53 Å². The second-order valence-electron chi connectivity index (χ2n) is 4.36. The molecule has 0 atom stereocenters. The molecule has 0 unspecified atom stereocenters. The lowest BCUT2D eigenvalue weighted by molar-refractivity contribution is -0.123. The first-order valence-corrected chi connectivity index (χ1v) is 6.56. The Morgan fingerprint density at radius 1 is 1.32 bits per heavy atom. The molecular formula is C16H14N4O2. The average molecular weight is 294 g/mol. The Kier molecular flexibility index (Phi) is 5.21. The normalized spacial score (nSPS) is 10.6. The van der Waals surface area contributed by atoms with Crippen LogP contribution in [-0.2, 0) is 4.79 Å². The van der Waals surface area contributed by atoms with E-state index in [1.54, 1.807) is 55.7 Å². The molecule has 1 heterocycles. The fourth-order valence-corrected chi connectivity index (χ4v) is 1.66. The molecule has 0 saturated heterocycles. The van der Waals surface area contributed by atoms with Gasteiger partial charge in [0.1, 0.15) is 11.8 Å². The number of benzene rings is 1. The zero-order chi connectivity index (χ0) is 15.8. The first-order chi connectivity index (χ1) is 10.7. The van der Waals surface area contributed by atoms with Gasteiger partial charge in [0.2, 0.25) is 0 Å². The van der Waals surface area contributed by atoms with Crippen LogP contribution in [0.1, 0.15) is 18.1 Å². The summed E-state index contributed by atoms with van der Waals surface area (Å²) < 4.78 is 5.31. The fraction of sp³-hybridized carbons (Fsp3) is 0.125. The Morgan fingerprint density at radius 2 is 2.05 bits per heavy atom. The molecule has 0 fully saturated rings. The van der Waals surface area contributed by atoms with Gasteiger partial charge in [-0.15, -0.1) is 0 Å². The first-order valence-electron chi connectivity index (χ1n) is 6.56. The topological polar surface area (TPSA) is 87.4 Å². The van der Waals surface area contributed by atoms with Crippen molar-refractivity contribution in [2.45, 2.75) is 6.92 Å². The third kappa shape index (κ3) is 4.15. The van der Waals surface area contributed by atoms with Crippen LogP contribution in [0.4, 0.5) is 0 Å². The highest BCUT2D eigenvalue weighted by atomic mass is 16.5. The minimum Gasteiger partial charge on any atom is -0.482 e. The number of hydrazone groups is 1. The van der Waals surface area contributed by atoms with Crippen LogP contribution in [0.2, 0.25) is 0 Å². The van der Waals surface area contributed by atoms with Gasteiger partial charge >= 0.3 is 0 Å². The molecule has 22 heavy (non-hydrogen) atoms. The van der Waals surface area contributed by atoms with Crippen molar-refractivity contribution in [3.8, 4) is 11.8 Å². The Hall–Kier alpha value is -3.20. The Balaban J connectivity index is 1.90. The van der Waals surface area contributed by atoms with Crippen molar-refractivity contribution in [2.24, 2.45) is 5.10 Å². The Labute approximate surface area is 128 Å². The number of aromatic nitrogens is 1. The van der Waals surface area contributed by atoms with Gasteiger partial charge in [0.25, 0.3) is 5.91 Å². The van der Waals surface area contributed by atoms with Gasteiger partial charge in [0, 0.05) is 18.0 Å². The molecule has 110 valence electrons. The minimum absolute atomic E-state index is 0.216. The van der Waals surface area contributed by atoms with Crippen LogP contribution in [0.25, 0.3) is 0 Å². The largest absolute Gasteiger partial charge is 0.482 e. The zero-order valence-corrected chi connectivity index (χ0v) is 12.0. The van der Waals surface area contributed by atoms with Gasteiger partial charge < -0.3 is 4.74 Å². The van der Waals surface area contributed by atoms with Gasteiger partial charge in [0.05, 0.1) is 11.3 Å². The summed E-state index contributed by atoms with van der Waals surface area (Å²) in [6.07, 6.45) is 3.30. The predicted molar refractivity (Wildman–Crippen MR) is 81.2 cm³/mol. The number of para-hydroxylation sites is 1. The maximum atomic E-state index is 11.7. The van der Waals surface area contributed by atoms with Gasteiger partial charge in [-0.05, 0) is 31.2 Å². The maximum Gasteiger partial charge on any atom is 0.277 e. The number of pyridine rings is 1. The third-order valence-corrected chi connectivity index (χ3v) is 2.81. The molecule has 2 aromatic rings. The number of rotatable bonds is 5. The molecule has 1 amide bonds. The lowest BCUT2D eigenvalue weighted by Crippen LogP contribution is -2.25. The van der Waals surface area contributed by atoms with Gasteiger partial charge in [-0.3, -0.25) is 9.78 Å². The number of hydrogen-bond acceptors (Lipinski definition) is 5. The molecule has 6 nitrogen and oxygen atoms in total. The molecule has 6 heteroatoms. The van der Waals surface area contributed by atoms with Crippen molar-refractivity contribution in [2.75, 3.05) is 6.61 Å². The van der Waals surface area contributed by atoms with Crippen LogP contribution >= 0.6 is 0 Å². The van der Waals surface area contributed by atoms with Crippen molar-refractivity contribution in [1.82, 2.24) is 10.4 Å². The van der Waals surface area contributed by atoms with Gasteiger partial charge in [-0.1, -0.05) is 12.1 Å². The number of hydrogen-bond donors (Lipinski definition) is 1. The van der Waals surface area contributed by atoms with E-state index in [1.807, 2.05) is 6.07 Å². The highest BCUT2D eigenvalue weighted by Crippen LogP contribution is 2.16. The van der Waals surface area contributed by atoms with Crippen molar-refractivity contribution in [3.05, 3.63) is 59.9 Å². The van der Waals surface area contributed by atoms with Gasteiger partial charge in [-0.2, -0.15) is 10.4 Å². The lowest BCUT2D eigenvalue weighted by Gasteiger charge is -2.07. The molecule has 2 rings (SSSR count). The SMILES string of the molecule is C/C(=N/NC(=O)COc1ccccc1C#N)c1ccncc1. The molecule has 0 aliphatic heterocycles. The van der Waals surface area contributed by atoms with E-state index in [0.717, 1.165) is 5.56 Å². The number of ether oxygens (including phenoxy) is 1. The van der Waals surface area contributed by atoms with E-state index >= 15 is 0 Å². The summed E-state index contributed by atoms with van der Waals surface area (Å²) >= 11 is 0. The summed E-state index contributed by atoms with van der Waals surface area (Å²) in [7, 11) is 0. The zero-order valence-electron chi connectivity index (χ0n) is 12.0. The standard InChI is InChI=1S/C16H14N4O2/c1-12(13-6-8-18-9-7-13)19-20-16(21)11-22-15-5-3-2-4-14(15)10-17/h2-9H,11H2,1H3,(H,20,21)/b19-12-. The van der Waals surface area contributed by atoms with E-state index in [-0.39, 0.29) is 6.61 Å². The summed E-state index contributed by atoms with van der Waals surface area (Å²) in [5, 5.41) is 12.9. The fourth-order valence-electron chi connectivity index (χ4n) is 1.66. The predicted octanol–water partition coefficient (Wildman–Crippen LogP) is 1.87. The van der Waals surface area contributed by atoms with Crippen molar-refractivity contribution in [3.63, 3.8) is 0 Å². The van der Waals surface area contributed by atoms with E-state index in [1.165, 1.54) is 0 Å². The van der Waals surface area contributed by atoms with Crippen molar-refractivity contribution >= 4 is 11.6 Å². The van der Waals surface area contributed by atoms with E-state index in [9.17, 15) is 4.79 Å². The molecule has 0 aliphatic carbocycles. The molecule has 1 N–H and O–H groups in total. The average Bonchev–Trinajstić information content (AvgIpc) is 2.58. The quantitative estimate of drug-likeness (QED) is 0.673. The maximum absolute atomic E-state index is 11.7. The lowest BCUT2D eigenvalue weighted by atomic mass is 10.2. The monoisotopic (exact) mass is 294 g/mol. The summed E-state index contributed by atoms with van der Waals surface area (Å²) in [4.78, 5) is 15.6. The molecule has 1 aromatic carbocycles. The van der Waals surface area contributed by atoms with Crippen molar-refractivity contribution in [1.29, 1.82) is 5.26 Å². The second kappa shape index (κ2) is 7.55. The van der Waals surface area contributed by atoms with Crippen LogP contribution in [0.5, 0.6) is 5.75 Å². The Morgan fingerprint density at radius 3 is 2.77 bits per heavy atom. The smallest absolute Gasteiger partial charge is 0.277 e. The number of amides is 1.